The molecule has 0 spiro atoms. The molecule has 2 nitrogen and oxygen atoms in total. The first-order valence-electron chi connectivity index (χ1n) is 2.38. The van der Waals surface area contributed by atoms with E-state index in [0.29, 0.717) is 5.05 Å². The molecule has 0 saturated carbocycles. The first-order valence-corrected chi connectivity index (χ1v) is 2.79. The van der Waals surface area contributed by atoms with Gasteiger partial charge >= 0.3 is 0 Å². The standard InChI is InChI=1S/C5H10OS.H2O/c1-3-4-5(7)6-2;/h3-4H2,1-2H3;1H2. The lowest BCUT2D eigenvalue weighted by Crippen LogP contribution is -1.93. The van der Waals surface area contributed by atoms with Crippen LogP contribution in [0.4, 0.5) is 0 Å². The Labute approximate surface area is 55.2 Å². The summed E-state index contributed by atoms with van der Waals surface area (Å²) in [4.78, 5) is 0. The van der Waals surface area contributed by atoms with Crippen LogP contribution in [0.2, 0.25) is 0 Å². The van der Waals surface area contributed by atoms with Gasteiger partial charge in [0.05, 0.1) is 7.11 Å². The highest BCUT2D eigenvalue weighted by atomic mass is 32.1. The molecule has 0 amide bonds. The lowest BCUT2D eigenvalue weighted by Gasteiger charge is -1.95. The number of hydrogen-bond acceptors (Lipinski definition) is 2. The van der Waals surface area contributed by atoms with Gasteiger partial charge in [0, 0.05) is 6.42 Å². The molecular formula is C5H12O2S. The molecule has 0 aromatic heterocycles. The smallest absolute Gasteiger partial charge is 0.159 e. The summed E-state index contributed by atoms with van der Waals surface area (Å²) in [5.41, 5.74) is 0. The molecule has 8 heavy (non-hydrogen) atoms. The summed E-state index contributed by atoms with van der Waals surface area (Å²) < 4.78 is 4.72. The molecule has 0 aliphatic rings. The summed E-state index contributed by atoms with van der Waals surface area (Å²) in [7, 11) is 1.61. The Morgan fingerprint density at radius 3 is 2.25 bits per heavy atom. The monoisotopic (exact) mass is 136 g/mol. The summed E-state index contributed by atoms with van der Waals surface area (Å²) in [5.74, 6) is 0. The van der Waals surface area contributed by atoms with Crippen LogP contribution in [0.25, 0.3) is 0 Å². The molecule has 0 atom stereocenters. The molecule has 0 aromatic rings. The van der Waals surface area contributed by atoms with Crippen LogP contribution in [0.15, 0.2) is 0 Å². The van der Waals surface area contributed by atoms with E-state index >= 15 is 0 Å². The number of methoxy groups -OCH3 is 1. The van der Waals surface area contributed by atoms with Crippen LogP contribution in [-0.2, 0) is 4.74 Å². The zero-order valence-electron chi connectivity index (χ0n) is 5.23. The summed E-state index contributed by atoms with van der Waals surface area (Å²) in [6.45, 7) is 2.07. The molecule has 0 unspecified atom stereocenters. The zero-order valence-corrected chi connectivity index (χ0v) is 6.05. The Balaban J connectivity index is 0. The molecule has 0 heterocycles. The quantitative estimate of drug-likeness (QED) is 0.530. The third-order valence-corrected chi connectivity index (χ3v) is 1.05. The Kier molecular flexibility index (Phi) is 9.22. The second-order valence-corrected chi connectivity index (χ2v) is 1.78. The van der Waals surface area contributed by atoms with Crippen molar-refractivity contribution >= 4 is 17.3 Å². The van der Waals surface area contributed by atoms with Gasteiger partial charge in [0.25, 0.3) is 0 Å². The predicted molar refractivity (Wildman–Crippen MR) is 38.1 cm³/mol. The van der Waals surface area contributed by atoms with Crippen molar-refractivity contribution in [1.29, 1.82) is 0 Å². The van der Waals surface area contributed by atoms with Crippen molar-refractivity contribution in [3.63, 3.8) is 0 Å². The van der Waals surface area contributed by atoms with Crippen LogP contribution in [0, 0.1) is 0 Å². The second kappa shape index (κ2) is 6.85. The molecule has 0 bridgehead atoms. The summed E-state index contributed by atoms with van der Waals surface area (Å²) >= 11 is 4.73. The maximum Gasteiger partial charge on any atom is 0.159 e. The van der Waals surface area contributed by atoms with Gasteiger partial charge in [-0.1, -0.05) is 6.92 Å². The van der Waals surface area contributed by atoms with Crippen molar-refractivity contribution in [1.82, 2.24) is 0 Å². The fourth-order valence-corrected chi connectivity index (χ4v) is 0.510. The minimum atomic E-state index is 0. The summed E-state index contributed by atoms with van der Waals surface area (Å²) in [5, 5.41) is 0.711. The van der Waals surface area contributed by atoms with Gasteiger partial charge < -0.3 is 10.2 Å². The summed E-state index contributed by atoms with van der Waals surface area (Å²) in [6.07, 6.45) is 1.98. The zero-order chi connectivity index (χ0) is 5.70. The van der Waals surface area contributed by atoms with Gasteiger partial charge in [-0.2, -0.15) is 0 Å². The second-order valence-electron chi connectivity index (χ2n) is 1.33. The predicted octanol–water partition coefficient (Wildman–Crippen LogP) is 0.936. The third kappa shape index (κ3) is 5.85. The fraction of sp³-hybridized carbons (Fsp3) is 0.800. The molecule has 0 radical (unpaired) electrons. The van der Waals surface area contributed by atoms with Gasteiger partial charge in [0.15, 0.2) is 5.05 Å². The van der Waals surface area contributed by atoms with Crippen LogP contribution in [0.1, 0.15) is 19.8 Å². The number of hydrogen-bond donors (Lipinski definition) is 0. The van der Waals surface area contributed by atoms with E-state index in [1.165, 1.54) is 0 Å². The van der Waals surface area contributed by atoms with Crippen molar-refractivity contribution in [3.05, 3.63) is 0 Å². The normalized spacial score (nSPS) is 7.25. The third-order valence-electron chi connectivity index (χ3n) is 0.682. The molecule has 0 saturated heterocycles. The highest BCUT2D eigenvalue weighted by Crippen LogP contribution is 1.90. The van der Waals surface area contributed by atoms with Crippen LogP contribution >= 0.6 is 12.2 Å². The van der Waals surface area contributed by atoms with E-state index in [-0.39, 0.29) is 5.48 Å². The Morgan fingerprint density at radius 2 is 2.12 bits per heavy atom. The largest absolute Gasteiger partial charge is 0.490 e. The van der Waals surface area contributed by atoms with E-state index in [4.69, 9.17) is 17.0 Å². The van der Waals surface area contributed by atoms with Crippen LogP contribution < -0.4 is 0 Å². The first kappa shape index (κ1) is 10.8. The number of rotatable bonds is 2. The molecule has 0 aliphatic carbocycles. The van der Waals surface area contributed by atoms with E-state index in [9.17, 15) is 0 Å². The first-order chi connectivity index (χ1) is 3.31. The van der Waals surface area contributed by atoms with Gasteiger partial charge in [0.1, 0.15) is 0 Å². The highest BCUT2D eigenvalue weighted by molar-refractivity contribution is 7.80. The van der Waals surface area contributed by atoms with E-state index in [2.05, 4.69) is 6.92 Å². The van der Waals surface area contributed by atoms with Crippen LogP contribution in [0.3, 0.4) is 0 Å². The van der Waals surface area contributed by atoms with Gasteiger partial charge in [-0.25, -0.2) is 0 Å². The topological polar surface area (TPSA) is 40.7 Å². The Bertz CT molecular complexity index is 63.4. The van der Waals surface area contributed by atoms with E-state index < -0.39 is 0 Å². The average Bonchev–Trinajstić information content (AvgIpc) is 1.68. The van der Waals surface area contributed by atoms with Crippen molar-refractivity contribution in [2.24, 2.45) is 0 Å². The Morgan fingerprint density at radius 1 is 1.62 bits per heavy atom. The minimum absolute atomic E-state index is 0. The molecule has 0 rings (SSSR count). The van der Waals surface area contributed by atoms with Gasteiger partial charge in [-0.3, -0.25) is 0 Å². The maximum absolute atomic E-state index is 4.73. The van der Waals surface area contributed by atoms with Crippen molar-refractivity contribution in [2.75, 3.05) is 7.11 Å². The van der Waals surface area contributed by atoms with E-state index in [1.807, 2.05) is 0 Å². The maximum atomic E-state index is 4.73. The molecule has 3 heteroatoms. The van der Waals surface area contributed by atoms with Gasteiger partial charge in [-0.15, -0.1) is 0 Å². The fourth-order valence-electron chi connectivity index (χ4n) is 0.306. The molecule has 0 aliphatic heterocycles. The van der Waals surface area contributed by atoms with Crippen molar-refractivity contribution < 1.29 is 10.2 Å². The SMILES string of the molecule is CCCC(=S)OC.O. The molecule has 0 fully saturated rings. The van der Waals surface area contributed by atoms with E-state index in [1.54, 1.807) is 7.11 Å². The molecule has 50 valence electrons. The minimum Gasteiger partial charge on any atom is -0.490 e. The lowest BCUT2D eigenvalue weighted by atomic mass is 10.4. The van der Waals surface area contributed by atoms with Crippen LogP contribution in [-0.4, -0.2) is 17.6 Å². The average molecular weight is 136 g/mol. The van der Waals surface area contributed by atoms with Crippen molar-refractivity contribution in [3.8, 4) is 0 Å². The lowest BCUT2D eigenvalue weighted by molar-refractivity contribution is 0.401. The number of ether oxygens (including phenoxy) is 1. The van der Waals surface area contributed by atoms with Gasteiger partial charge in [0.2, 0.25) is 0 Å². The summed E-state index contributed by atoms with van der Waals surface area (Å²) in [6, 6.07) is 0. The van der Waals surface area contributed by atoms with Crippen molar-refractivity contribution in [2.45, 2.75) is 19.8 Å². The molecule has 0 aromatic carbocycles. The van der Waals surface area contributed by atoms with Gasteiger partial charge in [-0.05, 0) is 18.6 Å². The van der Waals surface area contributed by atoms with E-state index in [0.717, 1.165) is 12.8 Å². The molecular weight excluding hydrogens is 124 g/mol. The molecule has 2 N–H and O–H groups in total. The highest BCUT2D eigenvalue weighted by Gasteiger charge is 1.87. The Hall–Kier alpha value is -0.150. The van der Waals surface area contributed by atoms with Crippen LogP contribution in [0.5, 0.6) is 0 Å². The number of thiocarbonyl (C=S) groups is 1.